The minimum absolute atomic E-state index is 0.0719. The maximum absolute atomic E-state index is 12.5. The predicted molar refractivity (Wildman–Crippen MR) is 102 cm³/mol. The maximum Gasteiger partial charge on any atom is 0.252 e. The van der Waals surface area contributed by atoms with Gasteiger partial charge in [0.05, 0.1) is 5.56 Å². The summed E-state index contributed by atoms with van der Waals surface area (Å²) >= 11 is 4.29. The Kier molecular flexibility index (Phi) is 5.68. The van der Waals surface area contributed by atoms with Crippen LogP contribution in [0.25, 0.3) is 0 Å². The van der Waals surface area contributed by atoms with Crippen molar-refractivity contribution in [3.63, 3.8) is 0 Å². The Bertz CT molecular complexity index is 525. The van der Waals surface area contributed by atoms with E-state index in [4.69, 9.17) is 0 Å². The summed E-state index contributed by atoms with van der Waals surface area (Å²) in [6.45, 7) is 3.13. The van der Waals surface area contributed by atoms with E-state index in [1.165, 1.54) is 50.3 Å². The first-order valence-electron chi connectivity index (χ1n) is 8.07. The first-order chi connectivity index (χ1) is 10.7. The molecule has 1 saturated heterocycles. The highest BCUT2D eigenvalue weighted by Crippen LogP contribution is 2.36. The van der Waals surface area contributed by atoms with Crippen molar-refractivity contribution in [2.75, 3.05) is 31.1 Å². The molecule has 0 spiro atoms. The number of rotatable bonds is 4. The summed E-state index contributed by atoms with van der Waals surface area (Å²) < 4.78 is 1.02. The summed E-state index contributed by atoms with van der Waals surface area (Å²) in [5.41, 5.74) is 1.00. The highest BCUT2D eigenvalue weighted by atomic mass is 127. The third-order valence-corrected chi connectivity index (χ3v) is 6.80. The predicted octanol–water partition coefficient (Wildman–Crippen LogP) is 3.38. The first-order valence-corrected chi connectivity index (χ1v) is 10.3. The number of nitrogens with zero attached hydrogens (tertiary/aromatic N) is 1. The summed E-state index contributed by atoms with van der Waals surface area (Å²) in [5, 5.41) is 3.23. The Balaban J connectivity index is 1.67. The third kappa shape index (κ3) is 3.62. The molecular weight excluding hydrogens is 407 g/mol. The van der Waals surface area contributed by atoms with Crippen LogP contribution in [-0.2, 0) is 0 Å². The van der Waals surface area contributed by atoms with Crippen LogP contribution < -0.4 is 5.32 Å². The molecular formula is C17H23IN2OS. The molecule has 3 nitrogen and oxygen atoms in total. The molecule has 1 aliphatic heterocycles. The minimum Gasteiger partial charge on any atom is -0.350 e. The van der Waals surface area contributed by atoms with Crippen molar-refractivity contribution in [2.24, 2.45) is 0 Å². The fourth-order valence-electron chi connectivity index (χ4n) is 3.66. The number of hydrogen-bond donors (Lipinski definition) is 1. The molecule has 1 aromatic carbocycles. The van der Waals surface area contributed by atoms with E-state index in [2.05, 4.69) is 32.8 Å². The number of amides is 1. The van der Waals surface area contributed by atoms with Gasteiger partial charge in [-0.15, -0.1) is 0 Å². The molecule has 2 fully saturated rings. The lowest BCUT2D eigenvalue weighted by atomic mass is 9.94. The lowest BCUT2D eigenvalue weighted by Crippen LogP contribution is -2.56. The number of carbonyl (C=O) groups excluding carboxylic acids is 1. The zero-order valence-electron chi connectivity index (χ0n) is 12.8. The lowest BCUT2D eigenvalue weighted by molar-refractivity contribution is 0.0817. The van der Waals surface area contributed by atoms with Crippen LogP contribution in [0.1, 0.15) is 36.0 Å². The van der Waals surface area contributed by atoms with Crippen molar-refractivity contribution in [1.29, 1.82) is 0 Å². The van der Waals surface area contributed by atoms with Crippen molar-refractivity contribution >= 4 is 40.3 Å². The molecule has 0 radical (unpaired) electrons. The van der Waals surface area contributed by atoms with E-state index >= 15 is 0 Å². The normalized spacial score (nSPS) is 21.7. The highest BCUT2D eigenvalue weighted by molar-refractivity contribution is 14.1. The van der Waals surface area contributed by atoms with Crippen LogP contribution in [0.15, 0.2) is 24.3 Å². The zero-order chi connectivity index (χ0) is 15.4. The molecule has 3 rings (SSSR count). The van der Waals surface area contributed by atoms with Crippen LogP contribution in [0.4, 0.5) is 0 Å². The van der Waals surface area contributed by atoms with Crippen LogP contribution in [0.3, 0.4) is 0 Å². The second-order valence-corrected chi connectivity index (χ2v) is 8.58. The highest BCUT2D eigenvalue weighted by Gasteiger charge is 2.40. The fraction of sp³-hybridized carbons (Fsp3) is 0.588. The molecule has 0 aromatic heterocycles. The summed E-state index contributed by atoms with van der Waals surface area (Å²) in [6.07, 6.45) is 5.04. The Morgan fingerprint density at radius 2 is 1.91 bits per heavy atom. The van der Waals surface area contributed by atoms with Gasteiger partial charge in [-0.05, 0) is 47.6 Å². The molecule has 120 valence electrons. The lowest BCUT2D eigenvalue weighted by Gasteiger charge is -2.43. The molecule has 0 unspecified atom stereocenters. The van der Waals surface area contributed by atoms with Crippen molar-refractivity contribution in [2.45, 2.75) is 31.2 Å². The van der Waals surface area contributed by atoms with Gasteiger partial charge in [-0.1, -0.05) is 25.0 Å². The first kappa shape index (κ1) is 16.6. The quantitative estimate of drug-likeness (QED) is 0.744. The van der Waals surface area contributed by atoms with Gasteiger partial charge in [0.2, 0.25) is 0 Å². The third-order valence-electron chi connectivity index (χ3n) is 4.91. The molecule has 0 bridgehead atoms. The van der Waals surface area contributed by atoms with Gasteiger partial charge in [0, 0.05) is 40.2 Å². The molecule has 1 heterocycles. The average molecular weight is 430 g/mol. The van der Waals surface area contributed by atoms with E-state index in [1.807, 2.05) is 36.0 Å². The van der Waals surface area contributed by atoms with Crippen LogP contribution in [0.5, 0.6) is 0 Å². The average Bonchev–Trinajstić information content (AvgIpc) is 3.04. The number of carbonyl (C=O) groups is 1. The van der Waals surface area contributed by atoms with Gasteiger partial charge < -0.3 is 5.32 Å². The Morgan fingerprint density at radius 1 is 1.23 bits per heavy atom. The summed E-state index contributed by atoms with van der Waals surface area (Å²) in [4.78, 5) is 15.2. The van der Waals surface area contributed by atoms with E-state index in [0.717, 1.165) is 15.7 Å². The molecule has 1 aliphatic carbocycles. The number of hydrogen-bond acceptors (Lipinski definition) is 3. The van der Waals surface area contributed by atoms with Crippen molar-refractivity contribution < 1.29 is 4.79 Å². The van der Waals surface area contributed by atoms with E-state index in [9.17, 15) is 4.79 Å². The minimum atomic E-state index is 0.0719. The molecule has 2 aliphatic rings. The van der Waals surface area contributed by atoms with E-state index < -0.39 is 0 Å². The molecule has 1 saturated carbocycles. The zero-order valence-corrected chi connectivity index (χ0v) is 15.8. The molecule has 1 amide bonds. The van der Waals surface area contributed by atoms with Crippen LogP contribution in [0, 0.1) is 3.57 Å². The van der Waals surface area contributed by atoms with Gasteiger partial charge in [0.25, 0.3) is 5.91 Å². The van der Waals surface area contributed by atoms with Crippen molar-refractivity contribution in [3.8, 4) is 0 Å². The number of thioether (sulfide) groups is 1. The Labute approximate surface area is 150 Å². The number of halogens is 1. The standard InChI is InChI=1S/C17H23IN2OS/c18-15-6-2-1-5-14(15)16(21)19-13-17(7-3-4-8-17)20-9-11-22-12-10-20/h1-2,5-6H,3-4,7-13H2,(H,19,21). The number of benzene rings is 1. The van der Waals surface area contributed by atoms with E-state index in [-0.39, 0.29) is 11.4 Å². The second-order valence-electron chi connectivity index (χ2n) is 6.19. The largest absolute Gasteiger partial charge is 0.350 e. The topological polar surface area (TPSA) is 32.3 Å². The van der Waals surface area contributed by atoms with Gasteiger partial charge >= 0.3 is 0 Å². The van der Waals surface area contributed by atoms with E-state index in [0.29, 0.717) is 0 Å². The molecule has 1 aromatic rings. The number of nitrogens with one attached hydrogen (secondary N) is 1. The molecule has 0 atom stereocenters. The molecule has 5 heteroatoms. The van der Waals surface area contributed by atoms with Crippen LogP contribution in [0.2, 0.25) is 0 Å². The fourth-order valence-corrected chi connectivity index (χ4v) is 5.20. The molecule has 1 N–H and O–H groups in total. The Morgan fingerprint density at radius 3 is 2.59 bits per heavy atom. The summed E-state index contributed by atoms with van der Waals surface area (Å²) in [6, 6.07) is 7.81. The summed E-state index contributed by atoms with van der Waals surface area (Å²) in [7, 11) is 0. The second kappa shape index (κ2) is 7.53. The summed E-state index contributed by atoms with van der Waals surface area (Å²) in [5.74, 6) is 2.53. The van der Waals surface area contributed by atoms with Gasteiger partial charge in [-0.25, -0.2) is 0 Å². The van der Waals surface area contributed by atoms with Gasteiger partial charge in [-0.2, -0.15) is 11.8 Å². The van der Waals surface area contributed by atoms with E-state index in [1.54, 1.807) is 0 Å². The van der Waals surface area contributed by atoms with Crippen LogP contribution >= 0.6 is 34.4 Å². The SMILES string of the molecule is O=C(NCC1(N2CCSCC2)CCCC1)c1ccccc1I. The maximum atomic E-state index is 12.5. The van der Waals surface area contributed by atoms with Gasteiger partial charge in [-0.3, -0.25) is 9.69 Å². The smallest absolute Gasteiger partial charge is 0.252 e. The van der Waals surface area contributed by atoms with Gasteiger partial charge in [0.15, 0.2) is 0 Å². The Hall–Kier alpha value is -0.270. The molecule has 22 heavy (non-hydrogen) atoms. The van der Waals surface area contributed by atoms with Crippen molar-refractivity contribution in [3.05, 3.63) is 33.4 Å². The van der Waals surface area contributed by atoms with Crippen LogP contribution in [-0.4, -0.2) is 47.5 Å². The monoisotopic (exact) mass is 430 g/mol. The van der Waals surface area contributed by atoms with Gasteiger partial charge in [0.1, 0.15) is 0 Å². The van der Waals surface area contributed by atoms with Crippen molar-refractivity contribution in [1.82, 2.24) is 10.2 Å².